The molecule has 0 saturated carbocycles. The summed E-state index contributed by atoms with van der Waals surface area (Å²) in [6.45, 7) is 7.27. The molecule has 1 unspecified atom stereocenters. The van der Waals surface area contributed by atoms with E-state index >= 15 is 0 Å². The summed E-state index contributed by atoms with van der Waals surface area (Å²) in [6, 6.07) is 6.25. The zero-order chi connectivity index (χ0) is 15.4. The van der Waals surface area contributed by atoms with E-state index < -0.39 is 0 Å². The molecule has 0 bridgehead atoms. The zero-order valence-electron chi connectivity index (χ0n) is 12.7. The highest BCUT2D eigenvalue weighted by molar-refractivity contribution is 9.10. The Morgan fingerprint density at radius 2 is 2.14 bits per heavy atom. The van der Waals surface area contributed by atoms with Crippen molar-refractivity contribution < 1.29 is 0 Å². The van der Waals surface area contributed by atoms with Gasteiger partial charge in [0.15, 0.2) is 0 Å². The molecular weight excluding hydrogens is 330 g/mol. The maximum Gasteiger partial charge on any atom is 0.138 e. The molecule has 0 spiro atoms. The van der Waals surface area contributed by atoms with Crippen LogP contribution >= 0.6 is 15.9 Å². The average Bonchev–Trinajstić information content (AvgIpc) is 2.85. The van der Waals surface area contributed by atoms with Crippen molar-refractivity contribution in [3.05, 3.63) is 46.0 Å². The van der Waals surface area contributed by atoms with Crippen LogP contribution in [0, 0.1) is 12.8 Å². The molecule has 2 rings (SSSR count). The summed E-state index contributed by atoms with van der Waals surface area (Å²) in [7, 11) is 0. The second-order valence-corrected chi connectivity index (χ2v) is 6.55. The van der Waals surface area contributed by atoms with Gasteiger partial charge in [-0.1, -0.05) is 47.5 Å². The van der Waals surface area contributed by atoms with Crippen LogP contribution in [0.4, 0.5) is 0 Å². The van der Waals surface area contributed by atoms with E-state index in [1.165, 1.54) is 5.56 Å². The maximum atomic E-state index is 5.76. The van der Waals surface area contributed by atoms with Crippen molar-refractivity contribution in [3.63, 3.8) is 0 Å². The molecule has 0 aliphatic rings. The number of aromatic nitrogens is 3. The molecule has 0 amide bonds. The number of rotatable bonds is 6. The van der Waals surface area contributed by atoms with Gasteiger partial charge < -0.3 is 0 Å². The second-order valence-electron chi connectivity index (χ2n) is 5.70. The quantitative estimate of drug-likeness (QED) is 0.620. The Hall–Kier alpha value is -1.24. The van der Waals surface area contributed by atoms with Crippen LogP contribution in [0.3, 0.4) is 0 Å². The van der Waals surface area contributed by atoms with Crippen LogP contribution in [0.15, 0.2) is 29.0 Å². The van der Waals surface area contributed by atoms with Gasteiger partial charge in [-0.05, 0) is 24.5 Å². The Balaban J connectivity index is 2.23. The Labute approximate surface area is 134 Å². The number of hydrogen-bond acceptors (Lipinski definition) is 4. The molecule has 0 saturated heterocycles. The number of aryl methyl sites for hydroxylation is 1. The number of nitrogens with two attached hydrogens (primary N) is 1. The van der Waals surface area contributed by atoms with Gasteiger partial charge in [0.25, 0.3) is 0 Å². The predicted molar refractivity (Wildman–Crippen MR) is 87.5 cm³/mol. The van der Waals surface area contributed by atoms with Crippen molar-refractivity contribution in [2.24, 2.45) is 11.8 Å². The molecule has 114 valence electrons. The fourth-order valence-corrected chi connectivity index (χ4v) is 2.84. The van der Waals surface area contributed by atoms with Crippen molar-refractivity contribution in [1.29, 1.82) is 0 Å². The molecule has 6 heteroatoms. The first-order valence-corrected chi connectivity index (χ1v) is 7.89. The molecule has 0 fully saturated rings. The Bertz CT molecular complexity index is 593. The van der Waals surface area contributed by atoms with Crippen molar-refractivity contribution >= 4 is 15.9 Å². The number of hydrogen-bond donors (Lipinski definition) is 2. The van der Waals surface area contributed by atoms with Gasteiger partial charge in [-0.2, -0.15) is 5.10 Å². The average molecular weight is 352 g/mol. The Morgan fingerprint density at radius 3 is 2.81 bits per heavy atom. The largest absolute Gasteiger partial charge is 0.271 e. The van der Waals surface area contributed by atoms with Gasteiger partial charge >= 0.3 is 0 Å². The highest BCUT2D eigenvalue weighted by Gasteiger charge is 2.17. The van der Waals surface area contributed by atoms with Crippen LogP contribution in [0.1, 0.15) is 36.8 Å². The van der Waals surface area contributed by atoms with Crippen molar-refractivity contribution in [2.75, 3.05) is 0 Å². The SMILES string of the molecule is Cc1ccc(Br)c(C(Cc2ncnn2CC(C)C)NN)c1. The van der Waals surface area contributed by atoms with Gasteiger partial charge in [0.1, 0.15) is 12.2 Å². The summed E-state index contributed by atoms with van der Waals surface area (Å²) >= 11 is 3.60. The number of nitrogens with one attached hydrogen (secondary N) is 1. The van der Waals surface area contributed by atoms with Crippen molar-refractivity contribution in [3.8, 4) is 0 Å². The lowest BCUT2D eigenvalue weighted by atomic mass is 10.0. The van der Waals surface area contributed by atoms with E-state index in [1.807, 2.05) is 10.7 Å². The topological polar surface area (TPSA) is 68.8 Å². The van der Waals surface area contributed by atoms with Crippen molar-refractivity contribution in [2.45, 2.75) is 39.8 Å². The first-order chi connectivity index (χ1) is 10.0. The summed E-state index contributed by atoms with van der Waals surface area (Å²) in [5.74, 6) is 7.24. The van der Waals surface area contributed by atoms with Crippen LogP contribution < -0.4 is 11.3 Å². The van der Waals surface area contributed by atoms with Gasteiger partial charge in [-0.15, -0.1) is 0 Å². The van der Waals surface area contributed by atoms with Crippen LogP contribution in [0.5, 0.6) is 0 Å². The molecule has 0 radical (unpaired) electrons. The number of benzene rings is 1. The number of hydrazine groups is 1. The van der Waals surface area contributed by atoms with E-state index in [-0.39, 0.29) is 6.04 Å². The Morgan fingerprint density at radius 1 is 1.38 bits per heavy atom. The molecule has 5 nitrogen and oxygen atoms in total. The van der Waals surface area contributed by atoms with Crippen LogP contribution in [0.2, 0.25) is 0 Å². The number of nitrogens with zero attached hydrogens (tertiary/aromatic N) is 3. The highest BCUT2D eigenvalue weighted by atomic mass is 79.9. The van der Waals surface area contributed by atoms with Crippen LogP contribution in [-0.2, 0) is 13.0 Å². The summed E-state index contributed by atoms with van der Waals surface area (Å²) in [5, 5.41) is 4.30. The lowest BCUT2D eigenvalue weighted by Crippen LogP contribution is -2.31. The van der Waals surface area contributed by atoms with E-state index in [1.54, 1.807) is 6.33 Å². The number of halogens is 1. The molecule has 21 heavy (non-hydrogen) atoms. The Kier molecular flexibility index (Phi) is 5.50. The van der Waals surface area contributed by atoms with Crippen LogP contribution in [0.25, 0.3) is 0 Å². The van der Waals surface area contributed by atoms with Gasteiger partial charge in [-0.3, -0.25) is 11.3 Å². The van der Waals surface area contributed by atoms with Gasteiger partial charge in [0, 0.05) is 17.4 Å². The molecule has 2 aromatic rings. The molecule has 1 heterocycles. The summed E-state index contributed by atoms with van der Waals surface area (Å²) < 4.78 is 3.00. The molecule has 0 aliphatic carbocycles. The lowest BCUT2D eigenvalue weighted by molar-refractivity contribution is 0.446. The van der Waals surface area contributed by atoms with E-state index in [0.717, 1.165) is 22.4 Å². The third-order valence-corrected chi connectivity index (χ3v) is 4.07. The van der Waals surface area contributed by atoms with E-state index in [0.29, 0.717) is 12.3 Å². The first-order valence-electron chi connectivity index (χ1n) is 7.10. The zero-order valence-corrected chi connectivity index (χ0v) is 14.3. The lowest BCUT2D eigenvalue weighted by Gasteiger charge is -2.19. The molecule has 0 aliphatic heterocycles. The summed E-state index contributed by atoms with van der Waals surface area (Å²) in [6.07, 6.45) is 2.31. The minimum Gasteiger partial charge on any atom is -0.271 e. The minimum atomic E-state index is -0.00520. The van der Waals surface area contributed by atoms with Gasteiger partial charge in [0.05, 0.1) is 6.04 Å². The third kappa shape index (κ3) is 4.12. The monoisotopic (exact) mass is 351 g/mol. The molecular formula is C15H22BrN5. The summed E-state index contributed by atoms with van der Waals surface area (Å²) in [5.41, 5.74) is 5.24. The molecule has 3 N–H and O–H groups in total. The standard InChI is InChI=1S/C15H22BrN5/c1-10(2)8-21-15(18-9-19-21)7-14(20-17)12-6-11(3)4-5-13(12)16/h4-6,9-10,14,20H,7-8,17H2,1-3H3. The first kappa shape index (κ1) is 16.1. The second kappa shape index (κ2) is 7.15. The van der Waals surface area contributed by atoms with Gasteiger partial charge in [0.2, 0.25) is 0 Å². The van der Waals surface area contributed by atoms with E-state index in [2.05, 4.69) is 64.3 Å². The molecule has 1 aromatic heterocycles. The van der Waals surface area contributed by atoms with Gasteiger partial charge in [-0.25, -0.2) is 9.67 Å². The molecule has 1 aromatic carbocycles. The predicted octanol–water partition coefficient (Wildman–Crippen LogP) is 2.75. The normalized spacial score (nSPS) is 12.9. The molecule has 1 atom stereocenters. The van der Waals surface area contributed by atoms with E-state index in [4.69, 9.17) is 5.84 Å². The van der Waals surface area contributed by atoms with E-state index in [9.17, 15) is 0 Å². The smallest absolute Gasteiger partial charge is 0.138 e. The maximum absolute atomic E-state index is 5.76. The fourth-order valence-electron chi connectivity index (χ4n) is 2.32. The van der Waals surface area contributed by atoms with Crippen molar-refractivity contribution in [1.82, 2.24) is 20.2 Å². The highest BCUT2D eigenvalue weighted by Crippen LogP contribution is 2.26. The van der Waals surface area contributed by atoms with Crippen LogP contribution in [-0.4, -0.2) is 14.8 Å². The summed E-state index contributed by atoms with van der Waals surface area (Å²) in [4.78, 5) is 4.38. The third-order valence-electron chi connectivity index (χ3n) is 3.35. The fraction of sp³-hybridized carbons (Fsp3) is 0.467. The minimum absolute atomic E-state index is 0.00520.